The van der Waals surface area contributed by atoms with Gasteiger partial charge in [0, 0.05) is 31.8 Å². The zero-order valence-electron chi connectivity index (χ0n) is 17.4. The van der Waals surface area contributed by atoms with Gasteiger partial charge >= 0.3 is 0 Å². The maximum Gasteiger partial charge on any atom is 0.251 e. The van der Waals surface area contributed by atoms with Gasteiger partial charge in [0.05, 0.1) is 0 Å². The van der Waals surface area contributed by atoms with E-state index in [1.165, 1.54) is 17.5 Å². The fraction of sp³-hybridized carbons (Fsp3) is 0.360. The summed E-state index contributed by atoms with van der Waals surface area (Å²) in [6, 6.07) is 16.0. The third-order valence-corrected chi connectivity index (χ3v) is 5.71. The van der Waals surface area contributed by atoms with Gasteiger partial charge in [0.15, 0.2) is 0 Å². The highest BCUT2D eigenvalue weighted by atomic mass is 16.2. The van der Waals surface area contributed by atoms with E-state index in [4.69, 9.17) is 0 Å². The Kier molecular flexibility index (Phi) is 7.23. The van der Waals surface area contributed by atoms with Gasteiger partial charge in [-0.1, -0.05) is 42.0 Å². The van der Waals surface area contributed by atoms with Crippen LogP contribution in [0.5, 0.6) is 0 Å². The van der Waals surface area contributed by atoms with Crippen LogP contribution >= 0.6 is 0 Å². The number of aryl methyl sites for hydroxylation is 2. The molecule has 0 radical (unpaired) electrons. The lowest BCUT2D eigenvalue weighted by Crippen LogP contribution is -2.37. The Balaban J connectivity index is 1.44. The normalized spacial score (nSPS) is 14.9. The molecule has 0 unspecified atom stereocenters. The van der Waals surface area contributed by atoms with Gasteiger partial charge in [0.2, 0.25) is 5.91 Å². The Bertz CT molecular complexity index is 845. The minimum atomic E-state index is -0.109. The lowest BCUT2D eigenvalue weighted by atomic mass is 9.90. The molecular formula is C25H30N2O2. The Morgan fingerprint density at radius 1 is 1.03 bits per heavy atom. The van der Waals surface area contributed by atoms with Crippen LogP contribution in [0.1, 0.15) is 46.3 Å². The van der Waals surface area contributed by atoms with E-state index in [1.807, 2.05) is 23.1 Å². The van der Waals surface area contributed by atoms with E-state index in [0.29, 0.717) is 11.5 Å². The van der Waals surface area contributed by atoms with E-state index in [2.05, 4.69) is 36.5 Å². The molecule has 1 aliphatic heterocycles. The molecule has 29 heavy (non-hydrogen) atoms. The number of carbonyl (C=O) groups is 2. The number of piperidine rings is 1. The number of amides is 2. The van der Waals surface area contributed by atoms with Crippen LogP contribution in [0.15, 0.2) is 54.6 Å². The maximum absolute atomic E-state index is 12.5. The quantitative estimate of drug-likeness (QED) is 0.750. The predicted octanol–water partition coefficient (Wildman–Crippen LogP) is 4.24. The van der Waals surface area contributed by atoms with E-state index in [-0.39, 0.29) is 11.8 Å². The van der Waals surface area contributed by atoms with Gasteiger partial charge in [-0.2, -0.15) is 0 Å². The molecule has 3 rings (SSSR count). The number of carbonyl (C=O) groups excluding carboxylic acids is 2. The largest absolute Gasteiger partial charge is 0.355 e. The van der Waals surface area contributed by atoms with Crippen molar-refractivity contribution in [2.75, 3.05) is 20.1 Å². The molecule has 152 valence electrons. The molecular weight excluding hydrogens is 360 g/mol. The standard InChI is InChI=1S/C25H30N2O2/c1-19-3-5-20(6-4-19)7-8-22-15-17-27(18-16-22)24(28)14-11-21-9-12-23(13-10-21)25(29)26-2/h3-6,9-14,22H,7-8,15-18H2,1-2H3,(H,26,29)/b14-11+. The molecule has 2 amide bonds. The summed E-state index contributed by atoms with van der Waals surface area (Å²) in [5.74, 6) is 0.654. The summed E-state index contributed by atoms with van der Waals surface area (Å²) in [5.41, 5.74) is 4.23. The fourth-order valence-corrected chi connectivity index (χ4v) is 3.73. The van der Waals surface area contributed by atoms with Crippen molar-refractivity contribution >= 4 is 17.9 Å². The van der Waals surface area contributed by atoms with Crippen molar-refractivity contribution in [2.45, 2.75) is 32.6 Å². The second kappa shape index (κ2) is 10.1. The number of nitrogens with zero attached hydrogens (tertiary/aromatic N) is 1. The Hall–Kier alpha value is -2.88. The molecule has 2 aromatic carbocycles. The van der Waals surface area contributed by atoms with Crippen LogP contribution in [0.3, 0.4) is 0 Å². The highest BCUT2D eigenvalue weighted by Crippen LogP contribution is 2.23. The summed E-state index contributed by atoms with van der Waals surface area (Å²) in [4.78, 5) is 26.0. The van der Waals surface area contributed by atoms with Crippen molar-refractivity contribution in [2.24, 2.45) is 5.92 Å². The van der Waals surface area contributed by atoms with Crippen LogP contribution in [0.4, 0.5) is 0 Å². The molecule has 0 bridgehead atoms. The van der Waals surface area contributed by atoms with Crippen molar-refractivity contribution in [3.8, 4) is 0 Å². The molecule has 4 heteroatoms. The molecule has 2 aromatic rings. The maximum atomic E-state index is 12.5. The number of nitrogens with one attached hydrogen (secondary N) is 1. The lowest BCUT2D eigenvalue weighted by Gasteiger charge is -2.31. The zero-order chi connectivity index (χ0) is 20.6. The molecule has 0 atom stereocenters. The summed E-state index contributed by atoms with van der Waals surface area (Å²) in [5, 5.41) is 2.60. The highest BCUT2D eigenvalue weighted by Gasteiger charge is 2.21. The van der Waals surface area contributed by atoms with Gasteiger partial charge in [0.25, 0.3) is 5.91 Å². The van der Waals surface area contributed by atoms with Gasteiger partial charge in [-0.05, 0) is 67.9 Å². The molecule has 0 aliphatic carbocycles. The number of likely N-dealkylation sites (tertiary alicyclic amines) is 1. The summed E-state index contributed by atoms with van der Waals surface area (Å²) in [6.07, 6.45) is 7.92. The third kappa shape index (κ3) is 6.05. The first-order chi connectivity index (χ1) is 14.0. The molecule has 1 N–H and O–H groups in total. The van der Waals surface area contributed by atoms with Crippen LogP contribution in [0.25, 0.3) is 6.08 Å². The second-order valence-corrected chi connectivity index (χ2v) is 7.83. The number of hydrogen-bond donors (Lipinski definition) is 1. The third-order valence-electron chi connectivity index (χ3n) is 5.71. The number of benzene rings is 2. The van der Waals surface area contributed by atoms with Crippen LogP contribution in [0.2, 0.25) is 0 Å². The topological polar surface area (TPSA) is 49.4 Å². The van der Waals surface area contributed by atoms with Crippen molar-refractivity contribution < 1.29 is 9.59 Å². The average Bonchev–Trinajstić information content (AvgIpc) is 2.77. The van der Waals surface area contributed by atoms with Crippen molar-refractivity contribution in [1.29, 1.82) is 0 Å². The summed E-state index contributed by atoms with van der Waals surface area (Å²) in [6.45, 7) is 3.78. The minimum absolute atomic E-state index is 0.0670. The molecule has 0 saturated carbocycles. The van der Waals surface area contributed by atoms with E-state index in [0.717, 1.165) is 37.9 Å². The van der Waals surface area contributed by atoms with E-state index >= 15 is 0 Å². The Labute approximate surface area is 173 Å². The van der Waals surface area contributed by atoms with Crippen LogP contribution in [-0.2, 0) is 11.2 Å². The summed E-state index contributed by atoms with van der Waals surface area (Å²) < 4.78 is 0. The molecule has 1 aliphatic rings. The SMILES string of the molecule is CNC(=O)c1ccc(/C=C/C(=O)N2CCC(CCc3ccc(C)cc3)CC2)cc1. The van der Waals surface area contributed by atoms with Gasteiger partial charge < -0.3 is 10.2 Å². The minimum Gasteiger partial charge on any atom is -0.355 e. The summed E-state index contributed by atoms with van der Waals surface area (Å²) >= 11 is 0. The zero-order valence-corrected chi connectivity index (χ0v) is 17.4. The van der Waals surface area contributed by atoms with Crippen molar-refractivity contribution in [3.05, 3.63) is 76.9 Å². The van der Waals surface area contributed by atoms with Gasteiger partial charge in [-0.3, -0.25) is 9.59 Å². The first-order valence-corrected chi connectivity index (χ1v) is 10.4. The van der Waals surface area contributed by atoms with Crippen LogP contribution in [-0.4, -0.2) is 36.9 Å². The Morgan fingerprint density at radius 3 is 2.31 bits per heavy atom. The molecule has 0 aromatic heterocycles. The number of hydrogen-bond acceptors (Lipinski definition) is 2. The van der Waals surface area contributed by atoms with E-state index in [1.54, 1.807) is 25.3 Å². The second-order valence-electron chi connectivity index (χ2n) is 7.83. The highest BCUT2D eigenvalue weighted by molar-refractivity contribution is 5.94. The molecule has 1 heterocycles. The number of rotatable bonds is 6. The predicted molar refractivity (Wildman–Crippen MR) is 118 cm³/mol. The molecule has 1 saturated heterocycles. The van der Waals surface area contributed by atoms with Crippen molar-refractivity contribution in [1.82, 2.24) is 10.2 Å². The summed E-state index contributed by atoms with van der Waals surface area (Å²) in [7, 11) is 1.61. The van der Waals surface area contributed by atoms with E-state index in [9.17, 15) is 9.59 Å². The Morgan fingerprint density at radius 2 is 1.69 bits per heavy atom. The van der Waals surface area contributed by atoms with Gasteiger partial charge in [-0.15, -0.1) is 0 Å². The average molecular weight is 391 g/mol. The first kappa shape index (κ1) is 20.8. The fourth-order valence-electron chi connectivity index (χ4n) is 3.73. The smallest absolute Gasteiger partial charge is 0.251 e. The lowest BCUT2D eigenvalue weighted by molar-refractivity contribution is -0.127. The van der Waals surface area contributed by atoms with Crippen LogP contribution in [0, 0.1) is 12.8 Å². The van der Waals surface area contributed by atoms with Crippen LogP contribution < -0.4 is 5.32 Å². The molecule has 4 nitrogen and oxygen atoms in total. The molecule has 1 fully saturated rings. The van der Waals surface area contributed by atoms with E-state index < -0.39 is 0 Å². The molecule has 0 spiro atoms. The van der Waals surface area contributed by atoms with Crippen molar-refractivity contribution in [3.63, 3.8) is 0 Å². The first-order valence-electron chi connectivity index (χ1n) is 10.4. The van der Waals surface area contributed by atoms with Gasteiger partial charge in [-0.25, -0.2) is 0 Å². The van der Waals surface area contributed by atoms with Gasteiger partial charge in [0.1, 0.15) is 0 Å². The monoisotopic (exact) mass is 390 g/mol.